The van der Waals surface area contributed by atoms with Crippen molar-refractivity contribution in [1.29, 1.82) is 0 Å². The SMILES string of the molecule is C1=CC(O[n+]2ccncc2)c2ccccc21. The molecule has 3 nitrogen and oxygen atoms in total. The van der Waals surface area contributed by atoms with Gasteiger partial charge in [0.2, 0.25) is 18.5 Å². The lowest BCUT2D eigenvalue weighted by atomic mass is 10.1. The Morgan fingerprint density at radius 2 is 1.94 bits per heavy atom. The number of hydrogen-bond acceptors (Lipinski definition) is 2. The van der Waals surface area contributed by atoms with E-state index in [0.29, 0.717) is 0 Å². The number of aromatic nitrogens is 2. The van der Waals surface area contributed by atoms with E-state index in [4.69, 9.17) is 4.84 Å². The summed E-state index contributed by atoms with van der Waals surface area (Å²) >= 11 is 0. The van der Waals surface area contributed by atoms with Crippen molar-refractivity contribution < 1.29 is 9.57 Å². The molecule has 0 spiro atoms. The molecule has 1 heterocycles. The van der Waals surface area contributed by atoms with Crippen molar-refractivity contribution in [2.75, 3.05) is 0 Å². The van der Waals surface area contributed by atoms with E-state index in [0.717, 1.165) is 0 Å². The molecule has 0 aliphatic heterocycles. The summed E-state index contributed by atoms with van der Waals surface area (Å²) in [6.45, 7) is 0. The molecule has 0 bridgehead atoms. The predicted octanol–water partition coefficient (Wildman–Crippen LogP) is 1.57. The standard InChI is InChI=1S/C13H11N2O/c1-2-4-12-11(3-1)5-6-13(12)16-15-9-7-14-8-10-15/h1-10,13H/q+1. The minimum atomic E-state index is -0.0106. The summed E-state index contributed by atoms with van der Waals surface area (Å²) in [7, 11) is 0. The van der Waals surface area contributed by atoms with Gasteiger partial charge in [0.05, 0.1) is 12.4 Å². The topological polar surface area (TPSA) is 26.0 Å². The Bertz CT molecular complexity index is 522. The van der Waals surface area contributed by atoms with Crippen LogP contribution in [0.15, 0.2) is 55.1 Å². The quantitative estimate of drug-likeness (QED) is 0.705. The molecule has 1 aromatic carbocycles. The second-order valence-electron chi connectivity index (χ2n) is 3.62. The molecule has 1 atom stereocenters. The lowest BCUT2D eigenvalue weighted by molar-refractivity contribution is -0.899. The number of nitrogens with zero attached hydrogens (tertiary/aromatic N) is 2. The monoisotopic (exact) mass is 211 g/mol. The number of rotatable bonds is 2. The van der Waals surface area contributed by atoms with Crippen LogP contribution < -0.4 is 9.57 Å². The Labute approximate surface area is 93.6 Å². The molecule has 1 aromatic heterocycles. The van der Waals surface area contributed by atoms with Gasteiger partial charge in [-0.05, 0) is 11.6 Å². The van der Waals surface area contributed by atoms with Crippen LogP contribution in [0.3, 0.4) is 0 Å². The first-order valence-corrected chi connectivity index (χ1v) is 5.19. The molecule has 1 unspecified atom stereocenters. The Hall–Kier alpha value is -2.16. The first-order valence-electron chi connectivity index (χ1n) is 5.19. The number of benzene rings is 1. The summed E-state index contributed by atoms with van der Waals surface area (Å²) in [5.74, 6) is 0. The zero-order valence-electron chi connectivity index (χ0n) is 8.65. The van der Waals surface area contributed by atoms with Crippen molar-refractivity contribution in [3.05, 3.63) is 66.3 Å². The summed E-state index contributed by atoms with van der Waals surface area (Å²) in [5, 5.41) is 0. The largest absolute Gasteiger partial charge is 0.259 e. The summed E-state index contributed by atoms with van der Waals surface area (Å²) in [6.07, 6.45) is 11.1. The summed E-state index contributed by atoms with van der Waals surface area (Å²) in [4.78, 5) is 9.74. The van der Waals surface area contributed by atoms with Gasteiger partial charge in [0.15, 0.2) is 0 Å². The van der Waals surface area contributed by atoms with E-state index in [2.05, 4.69) is 29.3 Å². The highest BCUT2D eigenvalue weighted by molar-refractivity contribution is 5.61. The van der Waals surface area contributed by atoms with Crippen molar-refractivity contribution in [3.63, 3.8) is 0 Å². The van der Waals surface area contributed by atoms with Crippen LogP contribution in [0.4, 0.5) is 0 Å². The van der Waals surface area contributed by atoms with Gasteiger partial charge >= 0.3 is 0 Å². The predicted molar refractivity (Wildman–Crippen MR) is 59.2 cm³/mol. The summed E-state index contributed by atoms with van der Waals surface area (Å²) in [6, 6.07) is 8.23. The van der Waals surface area contributed by atoms with Gasteiger partial charge in [-0.25, -0.2) is 0 Å². The molecule has 3 rings (SSSR count). The number of fused-ring (bicyclic) bond motifs is 1. The molecule has 16 heavy (non-hydrogen) atoms. The first-order chi connectivity index (χ1) is 7.93. The van der Waals surface area contributed by atoms with Crippen LogP contribution in [0, 0.1) is 0 Å². The maximum atomic E-state index is 5.79. The van der Waals surface area contributed by atoms with Crippen molar-refractivity contribution in [2.24, 2.45) is 0 Å². The summed E-state index contributed by atoms with van der Waals surface area (Å²) < 4.78 is 1.67. The highest BCUT2D eigenvalue weighted by Crippen LogP contribution is 2.27. The van der Waals surface area contributed by atoms with Crippen LogP contribution in [0.25, 0.3) is 6.08 Å². The average Bonchev–Trinajstić information content (AvgIpc) is 2.74. The third-order valence-electron chi connectivity index (χ3n) is 2.59. The van der Waals surface area contributed by atoms with Gasteiger partial charge in [0, 0.05) is 10.3 Å². The van der Waals surface area contributed by atoms with E-state index in [9.17, 15) is 0 Å². The van der Waals surface area contributed by atoms with Crippen LogP contribution in [-0.2, 0) is 0 Å². The van der Waals surface area contributed by atoms with Gasteiger partial charge in [-0.3, -0.25) is 9.82 Å². The molecular formula is C13H11N2O+. The van der Waals surface area contributed by atoms with Crippen LogP contribution in [0.1, 0.15) is 17.2 Å². The van der Waals surface area contributed by atoms with Crippen LogP contribution in [-0.4, -0.2) is 4.98 Å². The average molecular weight is 211 g/mol. The maximum absolute atomic E-state index is 5.79. The van der Waals surface area contributed by atoms with Crippen molar-refractivity contribution in [3.8, 4) is 0 Å². The molecule has 0 saturated heterocycles. The van der Waals surface area contributed by atoms with Gasteiger partial charge in [0.1, 0.15) is 0 Å². The lowest BCUT2D eigenvalue weighted by Gasteiger charge is -2.06. The van der Waals surface area contributed by atoms with E-state index in [-0.39, 0.29) is 6.10 Å². The minimum absolute atomic E-state index is 0.0106. The van der Waals surface area contributed by atoms with Crippen molar-refractivity contribution in [2.45, 2.75) is 6.10 Å². The van der Waals surface area contributed by atoms with Gasteiger partial charge in [-0.2, -0.15) is 0 Å². The fraction of sp³-hybridized carbons (Fsp3) is 0.0769. The Kier molecular flexibility index (Phi) is 2.14. The van der Waals surface area contributed by atoms with Gasteiger partial charge < -0.3 is 0 Å². The lowest BCUT2D eigenvalue weighted by Crippen LogP contribution is -2.43. The van der Waals surface area contributed by atoms with Crippen LogP contribution in [0.5, 0.6) is 0 Å². The molecule has 0 N–H and O–H groups in total. The zero-order valence-corrected chi connectivity index (χ0v) is 8.65. The fourth-order valence-electron chi connectivity index (χ4n) is 1.82. The molecule has 3 heteroatoms. The molecule has 0 amide bonds. The molecular weight excluding hydrogens is 200 g/mol. The third-order valence-corrected chi connectivity index (χ3v) is 2.59. The number of hydrogen-bond donors (Lipinski definition) is 0. The maximum Gasteiger partial charge on any atom is 0.240 e. The fourth-order valence-corrected chi connectivity index (χ4v) is 1.82. The Balaban J connectivity index is 1.87. The second-order valence-corrected chi connectivity index (χ2v) is 3.62. The van der Waals surface area contributed by atoms with E-state index in [1.54, 1.807) is 29.5 Å². The highest BCUT2D eigenvalue weighted by atomic mass is 16.7. The molecule has 0 fully saturated rings. The Morgan fingerprint density at radius 1 is 1.12 bits per heavy atom. The van der Waals surface area contributed by atoms with Gasteiger partial charge in [-0.15, -0.1) is 0 Å². The normalized spacial score (nSPS) is 17.1. The van der Waals surface area contributed by atoms with Crippen LogP contribution in [0.2, 0.25) is 0 Å². The van der Waals surface area contributed by atoms with Gasteiger partial charge in [0.25, 0.3) is 0 Å². The van der Waals surface area contributed by atoms with Crippen LogP contribution >= 0.6 is 0 Å². The molecule has 1 aliphatic carbocycles. The zero-order chi connectivity index (χ0) is 10.8. The smallest absolute Gasteiger partial charge is 0.240 e. The summed E-state index contributed by atoms with van der Waals surface area (Å²) in [5.41, 5.74) is 2.42. The van der Waals surface area contributed by atoms with Gasteiger partial charge in [-0.1, -0.05) is 30.3 Å². The molecule has 0 saturated carbocycles. The minimum Gasteiger partial charge on any atom is -0.259 e. The van der Waals surface area contributed by atoms with E-state index in [1.165, 1.54) is 11.1 Å². The van der Waals surface area contributed by atoms with Crippen molar-refractivity contribution in [1.82, 2.24) is 4.98 Å². The highest BCUT2D eigenvalue weighted by Gasteiger charge is 2.21. The molecule has 1 aliphatic rings. The Morgan fingerprint density at radius 3 is 2.81 bits per heavy atom. The first kappa shape index (κ1) is 9.09. The van der Waals surface area contributed by atoms with E-state index in [1.807, 2.05) is 12.1 Å². The van der Waals surface area contributed by atoms with E-state index < -0.39 is 0 Å². The molecule has 2 aromatic rings. The van der Waals surface area contributed by atoms with E-state index >= 15 is 0 Å². The third kappa shape index (κ3) is 1.56. The molecule has 0 radical (unpaired) electrons. The molecule has 78 valence electrons. The second kappa shape index (κ2) is 3.77. The van der Waals surface area contributed by atoms with Crippen molar-refractivity contribution >= 4 is 6.08 Å².